The molecule has 0 saturated carbocycles. The lowest BCUT2D eigenvalue weighted by atomic mass is 9.72. The van der Waals surface area contributed by atoms with Crippen LogP contribution in [0, 0.1) is 0 Å². The van der Waals surface area contributed by atoms with Crippen molar-refractivity contribution < 1.29 is 9.78 Å². The van der Waals surface area contributed by atoms with Gasteiger partial charge in [0.2, 0.25) is 0 Å². The molecule has 234 valence electrons. The quantitative estimate of drug-likeness (QED) is 0.128. The molecule has 0 aliphatic rings. The number of hydrogen-bond acceptors (Lipinski definition) is 2. The van der Waals surface area contributed by atoms with Gasteiger partial charge in [-0.15, -0.1) is 0 Å². The third kappa shape index (κ3) is 6.87. The van der Waals surface area contributed by atoms with Crippen molar-refractivity contribution in [2.75, 3.05) is 0 Å². The zero-order chi connectivity index (χ0) is 32.5. The Labute approximate surface area is 267 Å². The van der Waals surface area contributed by atoms with Gasteiger partial charge >= 0.3 is 0 Å². The average molecular weight is 591 g/mol. The van der Waals surface area contributed by atoms with Gasteiger partial charge in [-0.2, -0.15) is 0 Å². The topological polar surface area (TPSA) is 18.5 Å². The van der Waals surface area contributed by atoms with E-state index < -0.39 is 11.2 Å². The van der Waals surface area contributed by atoms with E-state index in [0.29, 0.717) is 11.8 Å². The third-order valence-corrected chi connectivity index (χ3v) is 9.51. The Hall–Kier alpha value is -3.20. The van der Waals surface area contributed by atoms with Crippen LogP contribution in [0.5, 0.6) is 0 Å². The molecule has 0 spiro atoms. The first-order valence-electron chi connectivity index (χ1n) is 16.3. The van der Waals surface area contributed by atoms with Crippen molar-refractivity contribution in [2.24, 2.45) is 0 Å². The molecule has 0 N–H and O–H groups in total. The van der Waals surface area contributed by atoms with Gasteiger partial charge in [-0.3, -0.25) is 0 Å². The Morgan fingerprint density at radius 1 is 0.409 bits per heavy atom. The standard InChI is InChI=1S/C42H54O2/c1-29(2)31-23-25-35(37(27-31)39(5,6)33-19-15-13-16-20-33)41(9,10)43-44-42(11,12)36-26-24-32(30(3)4)28-38(36)40(7,8)34-21-17-14-18-22-34/h13-30H,1-12H3. The van der Waals surface area contributed by atoms with E-state index in [2.05, 4.69) is 180 Å². The van der Waals surface area contributed by atoms with Gasteiger partial charge in [0.25, 0.3) is 0 Å². The smallest absolute Gasteiger partial charge is 0.123 e. The van der Waals surface area contributed by atoms with E-state index in [9.17, 15) is 0 Å². The van der Waals surface area contributed by atoms with Crippen molar-refractivity contribution in [3.63, 3.8) is 0 Å². The monoisotopic (exact) mass is 590 g/mol. The van der Waals surface area contributed by atoms with Crippen molar-refractivity contribution in [1.82, 2.24) is 0 Å². The molecule has 0 aliphatic carbocycles. The van der Waals surface area contributed by atoms with E-state index in [1.54, 1.807) is 0 Å². The minimum atomic E-state index is -0.707. The molecule has 2 heteroatoms. The summed E-state index contributed by atoms with van der Waals surface area (Å²) >= 11 is 0. The zero-order valence-corrected chi connectivity index (χ0v) is 29.2. The van der Waals surface area contributed by atoms with Crippen molar-refractivity contribution in [3.8, 4) is 0 Å². The molecular weight excluding hydrogens is 536 g/mol. The predicted molar refractivity (Wildman–Crippen MR) is 186 cm³/mol. The van der Waals surface area contributed by atoms with Gasteiger partial charge < -0.3 is 0 Å². The summed E-state index contributed by atoms with van der Waals surface area (Å²) in [7, 11) is 0. The van der Waals surface area contributed by atoms with Gasteiger partial charge in [0, 0.05) is 10.8 Å². The lowest BCUT2D eigenvalue weighted by Gasteiger charge is -2.38. The molecule has 2 nitrogen and oxygen atoms in total. The van der Waals surface area contributed by atoms with Crippen LogP contribution in [-0.4, -0.2) is 0 Å². The van der Waals surface area contributed by atoms with Crippen LogP contribution in [0.3, 0.4) is 0 Å². The molecule has 0 atom stereocenters. The SMILES string of the molecule is CC(C)c1ccc(C(C)(C)OOC(C)(C)c2ccc(C(C)C)cc2C(C)(C)c2ccccc2)c(C(C)(C)c2ccccc2)c1. The van der Waals surface area contributed by atoms with Crippen LogP contribution in [0.15, 0.2) is 97.1 Å². The Balaban J connectivity index is 1.75. The van der Waals surface area contributed by atoms with Crippen LogP contribution < -0.4 is 0 Å². The van der Waals surface area contributed by atoms with Crippen LogP contribution in [0.2, 0.25) is 0 Å². The van der Waals surface area contributed by atoms with Crippen LogP contribution >= 0.6 is 0 Å². The normalized spacial score (nSPS) is 13.1. The Bertz CT molecular complexity index is 1420. The van der Waals surface area contributed by atoms with Gasteiger partial charge in [-0.1, -0.05) is 152 Å². The molecule has 0 unspecified atom stereocenters. The number of rotatable bonds is 11. The summed E-state index contributed by atoms with van der Waals surface area (Å²) < 4.78 is 0. The molecule has 44 heavy (non-hydrogen) atoms. The number of benzene rings is 4. The van der Waals surface area contributed by atoms with Crippen molar-refractivity contribution in [2.45, 2.75) is 117 Å². The van der Waals surface area contributed by atoms with Crippen molar-refractivity contribution in [3.05, 3.63) is 142 Å². The van der Waals surface area contributed by atoms with Crippen molar-refractivity contribution >= 4 is 0 Å². The van der Waals surface area contributed by atoms with Crippen molar-refractivity contribution in [1.29, 1.82) is 0 Å². The summed E-state index contributed by atoms with van der Waals surface area (Å²) in [4.78, 5) is 13.1. The molecular formula is C42H54O2. The molecule has 4 aromatic carbocycles. The van der Waals surface area contributed by atoms with E-state index in [1.165, 1.54) is 33.4 Å². The third-order valence-electron chi connectivity index (χ3n) is 9.51. The van der Waals surface area contributed by atoms with Gasteiger partial charge in [-0.05, 0) is 84.0 Å². The fourth-order valence-electron chi connectivity index (χ4n) is 6.24. The summed E-state index contributed by atoms with van der Waals surface area (Å²) in [6, 6.07) is 35.2. The fraction of sp³-hybridized carbons (Fsp3) is 0.429. The molecule has 0 fully saturated rings. The van der Waals surface area contributed by atoms with Crippen LogP contribution in [0.25, 0.3) is 0 Å². The van der Waals surface area contributed by atoms with Crippen LogP contribution in [0.4, 0.5) is 0 Å². The Morgan fingerprint density at radius 2 is 0.727 bits per heavy atom. The average Bonchev–Trinajstić information content (AvgIpc) is 3.00. The molecule has 0 aromatic heterocycles. The molecule has 0 radical (unpaired) electrons. The Morgan fingerprint density at radius 3 is 1.02 bits per heavy atom. The Kier molecular flexibility index (Phi) is 9.69. The number of hydrogen-bond donors (Lipinski definition) is 0. The summed E-state index contributed by atoms with van der Waals surface area (Å²) in [5.74, 6) is 0.850. The first-order valence-corrected chi connectivity index (χ1v) is 16.3. The minimum absolute atomic E-state index is 0.225. The van der Waals surface area contributed by atoms with Crippen LogP contribution in [0.1, 0.15) is 139 Å². The zero-order valence-electron chi connectivity index (χ0n) is 29.2. The van der Waals surface area contributed by atoms with Crippen LogP contribution in [-0.2, 0) is 31.8 Å². The minimum Gasteiger partial charge on any atom is -0.225 e. The maximum absolute atomic E-state index is 6.56. The lowest BCUT2D eigenvalue weighted by Crippen LogP contribution is -2.34. The molecule has 0 saturated heterocycles. The predicted octanol–water partition coefficient (Wildman–Crippen LogP) is 11.7. The lowest BCUT2D eigenvalue weighted by molar-refractivity contribution is -0.410. The molecule has 0 aliphatic heterocycles. The molecule has 0 heterocycles. The second-order valence-corrected chi connectivity index (χ2v) is 15.1. The second kappa shape index (κ2) is 12.7. The van der Waals surface area contributed by atoms with E-state index in [1.807, 2.05) is 0 Å². The molecule has 0 bridgehead atoms. The summed E-state index contributed by atoms with van der Waals surface area (Å²) in [6.07, 6.45) is 0. The maximum Gasteiger partial charge on any atom is 0.123 e. The highest BCUT2D eigenvalue weighted by molar-refractivity contribution is 5.48. The first kappa shape index (κ1) is 33.7. The summed E-state index contributed by atoms with van der Waals surface area (Å²) in [6.45, 7) is 26.7. The second-order valence-electron chi connectivity index (χ2n) is 15.1. The molecule has 0 amide bonds. The molecule has 4 aromatic rings. The highest BCUT2D eigenvalue weighted by atomic mass is 17.2. The van der Waals surface area contributed by atoms with E-state index >= 15 is 0 Å². The van der Waals surface area contributed by atoms with E-state index in [-0.39, 0.29) is 10.8 Å². The van der Waals surface area contributed by atoms with Gasteiger partial charge in [0.05, 0.1) is 0 Å². The fourth-order valence-corrected chi connectivity index (χ4v) is 6.24. The summed E-state index contributed by atoms with van der Waals surface area (Å²) in [5, 5.41) is 0. The van der Waals surface area contributed by atoms with E-state index in [4.69, 9.17) is 9.78 Å². The van der Waals surface area contributed by atoms with Gasteiger partial charge in [0.15, 0.2) is 0 Å². The van der Waals surface area contributed by atoms with E-state index in [0.717, 1.165) is 11.1 Å². The largest absolute Gasteiger partial charge is 0.225 e. The maximum atomic E-state index is 6.56. The highest BCUT2D eigenvalue weighted by Crippen LogP contribution is 2.44. The summed E-state index contributed by atoms with van der Waals surface area (Å²) in [5.41, 5.74) is 8.11. The van der Waals surface area contributed by atoms with Gasteiger partial charge in [-0.25, -0.2) is 9.78 Å². The highest BCUT2D eigenvalue weighted by Gasteiger charge is 2.38. The first-order chi connectivity index (χ1) is 20.5. The molecule has 4 rings (SSSR count). The van der Waals surface area contributed by atoms with Gasteiger partial charge in [0.1, 0.15) is 11.2 Å².